The first-order valence-electron chi connectivity index (χ1n) is 5.99. The molecule has 4 nitrogen and oxygen atoms in total. The number of thioether (sulfide) groups is 1. The highest BCUT2D eigenvalue weighted by Crippen LogP contribution is 2.26. The number of hydrogen-bond donors (Lipinski definition) is 1. The predicted octanol–water partition coefficient (Wildman–Crippen LogP) is 1.66. The fourth-order valence-electron chi connectivity index (χ4n) is 2.10. The van der Waals surface area contributed by atoms with E-state index in [1.807, 2.05) is 18.2 Å². The molecule has 1 unspecified atom stereocenters. The summed E-state index contributed by atoms with van der Waals surface area (Å²) in [5.74, 6) is 0.723. The van der Waals surface area contributed by atoms with Gasteiger partial charge in [-0.2, -0.15) is 0 Å². The van der Waals surface area contributed by atoms with Gasteiger partial charge in [0, 0.05) is 23.8 Å². The molecule has 0 aromatic carbocycles. The van der Waals surface area contributed by atoms with Crippen LogP contribution >= 0.6 is 11.8 Å². The topological polar surface area (TPSA) is 54.4 Å². The van der Waals surface area contributed by atoms with Crippen molar-refractivity contribution in [2.24, 2.45) is 4.99 Å². The monoisotopic (exact) mass is 271 g/mol. The van der Waals surface area contributed by atoms with Gasteiger partial charge in [0.1, 0.15) is 5.25 Å². The lowest BCUT2D eigenvalue weighted by Gasteiger charge is -2.22. The molecule has 1 saturated heterocycles. The number of carbonyl (C=O) groups excluding carboxylic acids is 1. The molecule has 0 saturated carbocycles. The van der Waals surface area contributed by atoms with E-state index in [0.29, 0.717) is 6.54 Å². The van der Waals surface area contributed by atoms with Crippen molar-refractivity contribution in [3.8, 4) is 0 Å². The van der Waals surface area contributed by atoms with Crippen molar-refractivity contribution in [2.75, 3.05) is 12.3 Å². The molecule has 2 aliphatic heterocycles. The van der Waals surface area contributed by atoms with Crippen molar-refractivity contribution in [1.29, 1.82) is 0 Å². The van der Waals surface area contributed by atoms with E-state index in [9.17, 15) is 4.79 Å². The molecule has 0 spiro atoms. The van der Waals surface area contributed by atoms with Gasteiger partial charge in [0.25, 0.3) is 0 Å². The third kappa shape index (κ3) is 2.46. The van der Waals surface area contributed by atoms with Crippen molar-refractivity contribution in [3.63, 3.8) is 0 Å². The van der Waals surface area contributed by atoms with E-state index < -0.39 is 0 Å². The summed E-state index contributed by atoms with van der Waals surface area (Å²) < 4.78 is 0. The fraction of sp³-hybridized carbons (Fsp3) is 0.214. The molecule has 3 heterocycles. The maximum atomic E-state index is 11.9. The highest BCUT2D eigenvalue weighted by molar-refractivity contribution is 8.01. The molecule has 1 aromatic heterocycles. The first kappa shape index (κ1) is 12.2. The summed E-state index contributed by atoms with van der Waals surface area (Å²) in [6, 6.07) is 3.92. The van der Waals surface area contributed by atoms with E-state index in [-0.39, 0.29) is 11.2 Å². The lowest BCUT2D eigenvalue weighted by molar-refractivity contribution is -0.118. The number of hydrogen-bond acceptors (Lipinski definition) is 4. The zero-order valence-corrected chi connectivity index (χ0v) is 11.1. The Kier molecular flexibility index (Phi) is 3.21. The number of nitrogens with zero attached hydrogens (tertiary/aromatic N) is 2. The highest BCUT2D eigenvalue weighted by Gasteiger charge is 2.30. The average molecular weight is 271 g/mol. The molecule has 1 atom stereocenters. The minimum Gasteiger partial charge on any atom is -0.328 e. The molecule has 0 aliphatic carbocycles. The molecule has 1 fully saturated rings. The second-order valence-corrected chi connectivity index (χ2v) is 5.52. The van der Waals surface area contributed by atoms with Crippen molar-refractivity contribution in [3.05, 3.63) is 48.4 Å². The third-order valence-corrected chi connectivity index (χ3v) is 4.34. The lowest BCUT2D eigenvalue weighted by atomic mass is 10.1. The lowest BCUT2D eigenvalue weighted by Crippen LogP contribution is -2.41. The van der Waals surface area contributed by atoms with E-state index >= 15 is 0 Å². The largest absolute Gasteiger partial charge is 0.328 e. The molecular formula is C14H13N3OS. The Morgan fingerprint density at radius 1 is 1.37 bits per heavy atom. The smallest absolute Gasteiger partial charge is 0.243 e. The van der Waals surface area contributed by atoms with Crippen molar-refractivity contribution >= 4 is 29.0 Å². The first-order valence-corrected chi connectivity index (χ1v) is 7.04. The van der Waals surface area contributed by atoms with Gasteiger partial charge in [-0.1, -0.05) is 6.58 Å². The molecule has 96 valence electrons. The second-order valence-electron chi connectivity index (χ2n) is 4.43. The van der Waals surface area contributed by atoms with Crippen LogP contribution in [0.4, 0.5) is 0 Å². The van der Waals surface area contributed by atoms with Gasteiger partial charge in [0.15, 0.2) is 0 Å². The summed E-state index contributed by atoms with van der Waals surface area (Å²) in [5.41, 5.74) is 3.86. The minimum atomic E-state index is -0.218. The van der Waals surface area contributed by atoms with Crippen LogP contribution in [0.1, 0.15) is 5.56 Å². The number of amides is 1. The summed E-state index contributed by atoms with van der Waals surface area (Å²) in [6.07, 6.45) is 5.54. The average Bonchev–Trinajstić information content (AvgIpc) is 2.89. The zero-order chi connectivity index (χ0) is 13.2. The van der Waals surface area contributed by atoms with E-state index in [2.05, 4.69) is 21.9 Å². The Morgan fingerprint density at radius 3 is 2.89 bits per heavy atom. The van der Waals surface area contributed by atoms with Crippen LogP contribution in [0.2, 0.25) is 0 Å². The summed E-state index contributed by atoms with van der Waals surface area (Å²) in [6.45, 7) is 4.40. The van der Waals surface area contributed by atoms with E-state index in [1.54, 1.807) is 24.2 Å². The van der Waals surface area contributed by atoms with Gasteiger partial charge in [0.2, 0.25) is 5.91 Å². The molecule has 1 N–H and O–H groups in total. The Morgan fingerprint density at radius 2 is 2.16 bits per heavy atom. The van der Waals surface area contributed by atoms with Gasteiger partial charge in [-0.3, -0.25) is 14.8 Å². The Balaban J connectivity index is 1.79. The summed E-state index contributed by atoms with van der Waals surface area (Å²) in [7, 11) is 0. The Bertz CT molecular complexity index is 592. The molecule has 1 amide bonds. The van der Waals surface area contributed by atoms with Crippen molar-refractivity contribution < 1.29 is 4.79 Å². The molecule has 1 aromatic rings. The van der Waals surface area contributed by atoms with E-state index in [0.717, 1.165) is 28.3 Å². The normalized spacial score (nSPS) is 22.8. The quantitative estimate of drug-likeness (QED) is 0.890. The maximum absolute atomic E-state index is 11.9. The van der Waals surface area contributed by atoms with Crippen molar-refractivity contribution in [2.45, 2.75) is 5.25 Å². The molecule has 5 heteroatoms. The Labute approximate surface area is 115 Å². The zero-order valence-electron chi connectivity index (χ0n) is 10.3. The number of nitrogens with one attached hydrogen (secondary N) is 1. The van der Waals surface area contributed by atoms with Crippen molar-refractivity contribution in [1.82, 2.24) is 10.3 Å². The number of aromatic nitrogens is 1. The predicted molar refractivity (Wildman–Crippen MR) is 78.0 cm³/mol. The minimum absolute atomic E-state index is 0.0211. The van der Waals surface area contributed by atoms with Crippen LogP contribution in [0.15, 0.2) is 47.9 Å². The van der Waals surface area contributed by atoms with Crippen LogP contribution in [0.25, 0.3) is 5.57 Å². The summed E-state index contributed by atoms with van der Waals surface area (Å²) in [4.78, 5) is 20.4. The van der Waals surface area contributed by atoms with E-state index in [4.69, 9.17) is 0 Å². The molecule has 3 rings (SSSR count). The van der Waals surface area contributed by atoms with Gasteiger partial charge < -0.3 is 5.32 Å². The number of rotatable bonds is 2. The van der Waals surface area contributed by atoms with Gasteiger partial charge >= 0.3 is 0 Å². The van der Waals surface area contributed by atoms with Gasteiger partial charge in [-0.25, -0.2) is 0 Å². The van der Waals surface area contributed by atoms with Crippen LogP contribution in [-0.4, -0.2) is 34.2 Å². The number of pyridine rings is 1. The third-order valence-electron chi connectivity index (χ3n) is 3.04. The molecule has 2 aliphatic rings. The van der Waals surface area contributed by atoms with Crippen LogP contribution in [0.3, 0.4) is 0 Å². The number of aliphatic imine (C=N–C) groups is 1. The summed E-state index contributed by atoms with van der Waals surface area (Å²) >= 11 is 1.57. The fourth-order valence-corrected chi connectivity index (χ4v) is 3.06. The standard InChI is InChI=1S/C14H13N3OS/c1-9-8-19-13(14(18)17-9)12-6-11(7-16-12)10-2-4-15-5-3-10/h2-6,13H,1,7-8H2,(H,17,18). The highest BCUT2D eigenvalue weighted by atomic mass is 32.2. The number of carbonyl (C=O) groups is 1. The van der Waals surface area contributed by atoms with Crippen LogP contribution < -0.4 is 5.32 Å². The van der Waals surface area contributed by atoms with Gasteiger partial charge in [0.05, 0.1) is 12.3 Å². The summed E-state index contributed by atoms with van der Waals surface area (Å²) in [5, 5.41) is 2.57. The Hall–Kier alpha value is -1.88. The molecule has 19 heavy (non-hydrogen) atoms. The second kappa shape index (κ2) is 5.01. The van der Waals surface area contributed by atoms with Gasteiger partial charge in [-0.05, 0) is 29.3 Å². The molecular weight excluding hydrogens is 258 g/mol. The van der Waals surface area contributed by atoms with Crippen LogP contribution in [-0.2, 0) is 4.79 Å². The SMILES string of the molecule is C=C1CSC(C2=NCC(c3ccncc3)=C2)C(=O)N1. The first-order chi connectivity index (χ1) is 9.24. The molecule has 0 radical (unpaired) electrons. The molecule has 0 bridgehead atoms. The van der Waals surface area contributed by atoms with E-state index in [1.165, 1.54) is 0 Å². The maximum Gasteiger partial charge on any atom is 0.243 e. The van der Waals surface area contributed by atoms with Crippen LogP contribution in [0.5, 0.6) is 0 Å². The number of allylic oxidation sites excluding steroid dienone is 1. The van der Waals surface area contributed by atoms with Crippen LogP contribution in [0, 0.1) is 0 Å². The van der Waals surface area contributed by atoms with Gasteiger partial charge in [-0.15, -0.1) is 11.8 Å².